The molecule has 2 bridgehead atoms. The fourth-order valence-electron chi connectivity index (χ4n) is 3.75. The first-order valence-corrected chi connectivity index (χ1v) is 7.23. The predicted octanol–water partition coefficient (Wildman–Crippen LogP) is 2.11. The first kappa shape index (κ1) is 13.6. The van der Waals surface area contributed by atoms with Crippen molar-refractivity contribution in [3.05, 3.63) is 23.7 Å². The van der Waals surface area contributed by atoms with Crippen molar-refractivity contribution in [1.29, 1.82) is 0 Å². The first-order chi connectivity index (χ1) is 9.60. The van der Waals surface area contributed by atoms with Crippen molar-refractivity contribution in [3.63, 3.8) is 0 Å². The third kappa shape index (κ3) is 2.25. The Morgan fingerprint density at radius 3 is 2.65 bits per heavy atom. The van der Waals surface area contributed by atoms with E-state index in [1.807, 2.05) is 6.07 Å². The van der Waals surface area contributed by atoms with Crippen LogP contribution in [0.3, 0.4) is 0 Å². The largest absolute Gasteiger partial charge is 0.463 e. The van der Waals surface area contributed by atoms with E-state index in [-0.39, 0.29) is 17.9 Å². The number of hydrogen-bond acceptors (Lipinski definition) is 5. The van der Waals surface area contributed by atoms with Gasteiger partial charge in [0.1, 0.15) is 5.76 Å². The minimum Gasteiger partial charge on any atom is -0.463 e. The van der Waals surface area contributed by atoms with Crippen LogP contribution in [-0.4, -0.2) is 41.3 Å². The molecule has 0 amide bonds. The van der Waals surface area contributed by atoms with Crippen LogP contribution in [0.4, 0.5) is 0 Å². The third-order valence-electron chi connectivity index (χ3n) is 4.64. The van der Waals surface area contributed by atoms with E-state index in [2.05, 4.69) is 16.6 Å². The van der Waals surface area contributed by atoms with Crippen LogP contribution in [-0.2, 0) is 4.74 Å². The van der Waals surface area contributed by atoms with Gasteiger partial charge in [-0.2, -0.15) is 0 Å². The fourth-order valence-corrected chi connectivity index (χ4v) is 3.75. The lowest BCUT2D eigenvalue weighted by molar-refractivity contribution is 0.00855. The first-order valence-electron chi connectivity index (χ1n) is 7.23. The Morgan fingerprint density at radius 2 is 2.05 bits per heavy atom. The van der Waals surface area contributed by atoms with Gasteiger partial charge in [0.05, 0.1) is 19.3 Å². The molecule has 0 spiro atoms. The van der Waals surface area contributed by atoms with Gasteiger partial charge in [-0.1, -0.05) is 0 Å². The number of ether oxygens (including phenoxy) is 1. The van der Waals surface area contributed by atoms with Crippen LogP contribution in [0, 0.1) is 0 Å². The maximum absolute atomic E-state index is 11.4. The van der Waals surface area contributed by atoms with Crippen LogP contribution in [0.25, 0.3) is 0 Å². The number of nitrogens with zero attached hydrogens (tertiary/aromatic N) is 1. The van der Waals surface area contributed by atoms with Gasteiger partial charge in [0.15, 0.2) is 0 Å². The van der Waals surface area contributed by atoms with Gasteiger partial charge in [-0.3, -0.25) is 4.90 Å². The van der Waals surface area contributed by atoms with Gasteiger partial charge in [-0.25, -0.2) is 4.79 Å². The minimum absolute atomic E-state index is 0.124. The molecule has 2 fully saturated rings. The van der Waals surface area contributed by atoms with Crippen molar-refractivity contribution < 1.29 is 19.1 Å². The van der Waals surface area contributed by atoms with Crippen molar-refractivity contribution in [1.82, 2.24) is 4.90 Å². The van der Waals surface area contributed by atoms with Gasteiger partial charge in [-0.05, 0) is 44.7 Å². The lowest BCUT2D eigenvalue weighted by Gasteiger charge is -2.40. The van der Waals surface area contributed by atoms with E-state index in [4.69, 9.17) is 4.42 Å². The number of aliphatic hydroxyl groups is 1. The highest BCUT2D eigenvalue weighted by molar-refractivity contribution is 5.86. The lowest BCUT2D eigenvalue weighted by Crippen LogP contribution is -2.45. The maximum atomic E-state index is 11.4. The molecule has 0 aliphatic carbocycles. The molecule has 1 aromatic heterocycles. The SMILES string of the molecule is COC(=O)c1ccc(C(C)N2C3CCC2CC(O)C3)o1. The number of esters is 1. The Labute approximate surface area is 118 Å². The van der Waals surface area contributed by atoms with E-state index in [1.54, 1.807) is 6.07 Å². The van der Waals surface area contributed by atoms with Gasteiger partial charge in [0.2, 0.25) is 5.76 Å². The molecule has 2 aliphatic heterocycles. The fraction of sp³-hybridized carbons (Fsp3) is 0.667. The predicted molar refractivity (Wildman–Crippen MR) is 72.4 cm³/mol. The number of methoxy groups -OCH3 is 1. The Bertz CT molecular complexity index is 484. The number of rotatable bonds is 3. The van der Waals surface area contributed by atoms with E-state index in [1.165, 1.54) is 7.11 Å². The van der Waals surface area contributed by atoms with Gasteiger partial charge < -0.3 is 14.3 Å². The molecule has 0 radical (unpaired) electrons. The third-order valence-corrected chi connectivity index (χ3v) is 4.64. The highest BCUT2D eigenvalue weighted by Crippen LogP contribution is 2.41. The quantitative estimate of drug-likeness (QED) is 0.859. The zero-order valence-electron chi connectivity index (χ0n) is 11.9. The van der Waals surface area contributed by atoms with Crippen LogP contribution in [0.2, 0.25) is 0 Å². The summed E-state index contributed by atoms with van der Waals surface area (Å²) in [6, 6.07) is 4.48. The molecule has 0 aromatic carbocycles. The van der Waals surface area contributed by atoms with E-state index in [0.717, 1.165) is 31.4 Å². The molecule has 0 saturated carbocycles. The van der Waals surface area contributed by atoms with Crippen molar-refractivity contribution in [2.75, 3.05) is 7.11 Å². The van der Waals surface area contributed by atoms with E-state index >= 15 is 0 Å². The Balaban J connectivity index is 1.77. The molecule has 2 saturated heterocycles. The van der Waals surface area contributed by atoms with E-state index in [9.17, 15) is 9.90 Å². The summed E-state index contributed by atoms with van der Waals surface area (Å²) in [4.78, 5) is 13.9. The second-order valence-electron chi connectivity index (χ2n) is 5.83. The molecular formula is C15H21NO4. The van der Waals surface area contributed by atoms with Crippen LogP contribution in [0.1, 0.15) is 55.0 Å². The molecule has 5 heteroatoms. The molecule has 2 aliphatic rings. The minimum atomic E-state index is -0.444. The molecule has 3 rings (SSSR count). The van der Waals surface area contributed by atoms with E-state index in [0.29, 0.717) is 12.1 Å². The number of carbonyl (C=O) groups is 1. The van der Waals surface area contributed by atoms with Crippen LogP contribution >= 0.6 is 0 Å². The average Bonchev–Trinajstić information content (AvgIpc) is 3.01. The second kappa shape index (κ2) is 5.22. The topological polar surface area (TPSA) is 62.9 Å². The Kier molecular flexibility index (Phi) is 3.56. The number of piperidine rings is 1. The summed E-state index contributed by atoms with van der Waals surface area (Å²) < 4.78 is 10.3. The van der Waals surface area contributed by atoms with Crippen LogP contribution in [0.5, 0.6) is 0 Å². The summed E-state index contributed by atoms with van der Waals surface area (Å²) in [6.45, 7) is 2.10. The number of furan rings is 1. The Morgan fingerprint density at radius 1 is 1.40 bits per heavy atom. The highest BCUT2D eigenvalue weighted by Gasteiger charge is 2.43. The molecule has 5 nitrogen and oxygen atoms in total. The number of hydrogen-bond donors (Lipinski definition) is 1. The second-order valence-corrected chi connectivity index (χ2v) is 5.83. The highest BCUT2D eigenvalue weighted by atomic mass is 16.5. The van der Waals surface area contributed by atoms with Gasteiger partial charge in [0.25, 0.3) is 0 Å². The summed E-state index contributed by atoms with van der Waals surface area (Å²) in [5.74, 6) is 0.595. The van der Waals surface area contributed by atoms with Crippen molar-refractivity contribution in [2.45, 2.75) is 56.8 Å². The Hall–Kier alpha value is -1.33. The van der Waals surface area contributed by atoms with Crippen LogP contribution in [0.15, 0.2) is 16.5 Å². The van der Waals surface area contributed by atoms with Gasteiger partial charge in [-0.15, -0.1) is 0 Å². The normalized spacial score (nSPS) is 31.2. The maximum Gasteiger partial charge on any atom is 0.373 e. The summed E-state index contributed by atoms with van der Waals surface area (Å²) in [5, 5.41) is 9.86. The number of carbonyl (C=O) groups excluding carboxylic acids is 1. The van der Waals surface area contributed by atoms with Crippen molar-refractivity contribution in [2.24, 2.45) is 0 Å². The summed E-state index contributed by atoms with van der Waals surface area (Å²) in [7, 11) is 1.35. The van der Waals surface area contributed by atoms with Crippen molar-refractivity contribution >= 4 is 5.97 Å². The lowest BCUT2D eigenvalue weighted by atomic mass is 9.97. The summed E-state index contributed by atoms with van der Waals surface area (Å²) in [6.07, 6.45) is 3.78. The molecule has 110 valence electrons. The molecular weight excluding hydrogens is 258 g/mol. The standard InChI is InChI=1S/C15H21NO4/c1-9(13-5-6-14(20-13)15(18)19-2)16-10-3-4-11(16)8-12(17)7-10/h5-6,9-12,17H,3-4,7-8H2,1-2H3. The molecule has 3 heterocycles. The molecule has 3 atom stereocenters. The summed E-state index contributed by atoms with van der Waals surface area (Å²) >= 11 is 0. The average molecular weight is 279 g/mol. The molecule has 1 aromatic rings. The summed E-state index contributed by atoms with van der Waals surface area (Å²) in [5.41, 5.74) is 0. The van der Waals surface area contributed by atoms with Crippen molar-refractivity contribution in [3.8, 4) is 0 Å². The number of aliphatic hydroxyl groups excluding tert-OH is 1. The number of fused-ring (bicyclic) bond motifs is 2. The molecule has 20 heavy (non-hydrogen) atoms. The van der Waals surface area contributed by atoms with Gasteiger partial charge >= 0.3 is 5.97 Å². The van der Waals surface area contributed by atoms with Crippen LogP contribution < -0.4 is 0 Å². The monoisotopic (exact) mass is 279 g/mol. The zero-order valence-corrected chi connectivity index (χ0v) is 11.9. The molecule has 3 unspecified atom stereocenters. The molecule has 1 N–H and O–H groups in total. The zero-order chi connectivity index (χ0) is 14.3. The van der Waals surface area contributed by atoms with E-state index < -0.39 is 5.97 Å². The van der Waals surface area contributed by atoms with Gasteiger partial charge in [0, 0.05) is 12.1 Å². The smallest absolute Gasteiger partial charge is 0.373 e.